The fraction of sp³-hybridized carbons (Fsp3) is 0.143. The molecule has 0 aliphatic carbocycles. The lowest BCUT2D eigenvalue weighted by molar-refractivity contribution is 0.111. The van der Waals surface area contributed by atoms with Gasteiger partial charge in [0.2, 0.25) is 0 Å². The van der Waals surface area contributed by atoms with Crippen LogP contribution < -0.4 is 9.47 Å². The highest BCUT2D eigenvalue weighted by atomic mass is 32.1. The van der Waals surface area contributed by atoms with Crippen LogP contribution in [0.25, 0.3) is 16.2 Å². The van der Waals surface area contributed by atoms with Gasteiger partial charge >= 0.3 is 0 Å². The number of rotatable bonds is 2. The highest BCUT2D eigenvalue weighted by molar-refractivity contribution is 7.15. The molecule has 0 fully saturated rings. The van der Waals surface area contributed by atoms with Crippen LogP contribution in [0.1, 0.15) is 10.5 Å². The van der Waals surface area contributed by atoms with Gasteiger partial charge in [-0.1, -0.05) is 0 Å². The molecule has 1 aromatic carbocycles. The number of fused-ring (bicyclic) bond motifs is 2. The summed E-state index contributed by atoms with van der Waals surface area (Å²) in [5, 5.41) is 2.02. The molecule has 20 heavy (non-hydrogen) atoms. The highest BCUT2D eigenvalue weighted by Crippen LogP contribution is 2.35. The second-order valence-electron chi connectivity index (χ2n) is 4.42. The largest absolute Gasteiger partial charge is 0.486 e. The van der Waals surface area contributed by atoms with Crippen molar-refractivity contribution in [2.75, 3.05) is 13.2 Å². The van der Waals surface area contributed by atoms with Gasteiger partial charge in [0.15, 0.2) is 22.7 Å². The lowest BCUT2D eigenvalue weighted by Crippen LogP contribution is -2.15. The molecule has 100 valence electrons. The van der Waals surface area contributed by atoms with E-state index >= 15 is 0 Å². The fourth-order valence-corrected chi connectivity index (χ4v) is 3.16. The van der Waals surface area contributed by atoms with Gasteiger partial charge in [0, 0.05) is 17.1 Å². The van der Waals surface area contributed by atoms with Gasteiger partial charge in [-0.25, -0.2) is 4.98 Å². The predicted octanol–water partition coefficient (Wildman–Crippen LogP) is 2.65. The summed E-state index contributed by atoms with van der Waals surface area (Å²) in [6.07, 6.45) is 2.50. The van der Waals surface area contributed by atoms with Crippen LogP contribution >= 0.6 is 11.3 Å². The number of carbonyl (C=O) groups is 1. The third-order valence-corrected chi connectivity index (χ3v) is 4.03. The minimum Gasteiger partial charge on any atom is -0.486 e. The van der Waals surface area contributed by atoms with Crippen molar-refractivity contribution >= 4 is 22.6 Å². The van der Waals surface area contributed by atoms with Crippen LogP contribution in [0.2, 0.25) is 0 Å². The molecule has 3 aromatic rings. The van der Waals surface area contributed by atoms with Gasteiger partial charge in [-0.3, -0.25) is 9.20 Å². The first-order valence-corrected chi connectivity index (χ1v) is 7.05. The summed E-state index contributed by atoms with van der Waals surface area (Å²) >= 11 is 1.50. The molecular formula is C14H10N2O3S. The molecule has 6 heteroatoms. The van der Waals surface area contributed by atoms with E-state index in [0.717, 1.165) is 34.0 Å². The van der Waals surface area contributed by atoms with Crippen LogP contribution in [0.5, 0.6) is 11.5 Å². The zero-order valence-electron chi connectivity index (χ0n) is 10.4. The van der Waals surface area contributed by atoms with Gasteiger partial charge in [0.25, 0.3) is 0 Å². The van der Waals surface area contributed by atoms with E-state index in [4.69, 9.17) is 9.47 Å². The highest BCUT2D eigenvalue weighted by Gasteiger charge is 2.15. The SMILES string of the molecule is O=Cc1cn2c(-c3ccc4c(c3)OCCO4)csc2n1. The number of hydrogen-bond donors (Lipinski definition) is 0. The van der Waals surface area contributed by atoms with Crippen molar-refractivity contribution in [3.05, 3.63) is 35.5 Å². The van der Waals surface area contributed by atoms with Crippen LogP contribution in [-0.4, -0.2) is 28.9 Å². The first-order chi connectivity index (χ1) is 9.85. The second kappa shape index (κ2) is 4.35. The molecule has 5 nitrogen and oxygen atoms in total. The van der Waals surface area contributed by atoms with Gasteiger partial charge in [-0.2, -0.15) is 0 Å². The van der Waals surface area contributed by atoms with Gasteiger partial charge in [-0.15, -0.1) is 11.3 Å². The summed E-state index contributed by atoms with van der Waals surface area (Å²) < 4.78 is 13.0. The monoisotopic (exact) mass is 286 g/mol. The quantitative estimate of drug-likeness (QED) is 0.680. The average molecular weight is 286 g/mol. The maximum atomic E-state index is 10.8. The molecule has 0 N–H and O–H groups in total. The maximum absolute atomic E-state index is 10.8. The van der Waals surface area contributed by atoms with Gasteiger partial charge < -0.3 is 9.47 Å². The summed E-state index contributed by atoms with van der Waals surface area (Å²) in [5.74, 6) is 1.52. The van der Waals surface area contributed by atoms with E-state index in [1.165, 1.54) is 11.3 Å². The summed E-state index contributed by atoms with van der Waals surface area (Å²) in [4.78, 5) is 15.8. The van der Waals surface area contributed by atoms with Gasteiger partial charge in [0.1, 0.15) is 18.9 Å². The Bertz CT molecular complexity index is 806. The zero-order chi connectivity index (χ0) is 13.5. The molecule has 0 amide bonds. The number of benzene rings is 1. The molecule has 0 bridgehead atoms. The molecule has 4 rings (SSSR count). The van der Waals surface area contributed by atoms with E-state index in [9.17, 15) is 4.79 Å². The molecule has 0 radical (unpaired) electrons. The van der Waals surface area contributed by atoms with Gasteiger partial charge in [-0.05, 0) is 18.2 Å². The van der Waals surface area contributed by atoms with Gasteiger partial charge in [0.05, 0.1) is 5.69 Å². The minimum absolute atomic E-state index is 0.440. The van der Waals surface area contributed by atoms with E-state index < -0.39 is 0 Å². The van der Waals surface area contributed by atoms with E-state index in [0.29, 0.717) is 18.9 Å². The van der Waals surface area contributed by atoms with E-state index in [1.807, 2.05) is 28.0 Å². The van der Waals surface area contributed by atoms with Crippen LogP contribution in [0, 0.1) is 0 Å². The van der Waals surface area contributed by atoms with Crippen molar-refractivity contribution in [1.82, 2.24) is 9.38 Å². The Morgan fingerprint density at radius 2 is 2.10 bits per heavy atom. The Hall–Kier alpha value is -2.34. The number of hydrogen-bond acceptors (Lipinski definition) is 5. The Morgan fingerprint density at radius 3 is 2.95 bits per heavy atom. The Labute approximate surface area is 118 Å². The lowest BCUT2D eigenvalue weighted by atomic mass is 10.1. The standard InChI is InChI=1S/C14H10N2O3S/c17-7-10-6-16-11(8-20-14(16)15-10)9-1-2-12-13(5-9)19-4-3-18-12/h1-2,5-8H,3-4H2. The molecule has 0 spiro atoms. The lowest BCUT2D eigenvalue weighted by Gasteiger charge is -2.18. The summed E-state index contributed by atoms with van der Waals surface area (Å²) in [5.41, 5.74) is 2.44. The van der Waals surface area contributed by atoms with Crippen molar-refractivity contribution in [3.8, 4) is 22.8 Å². The predicted molar refractivity (Wildman–Crippen MR) is 74.9 cm³/mol. The summed E-state index contributed by atoms with van der Waals surface area (Å²) in [6.45, 7) is 1.15. The molecule has 0 saturated heterocycles. The average Bonchev–Trinajstić information content (AvgIpc) is 3.06. The normalized spacial score (nSPS) is 13.6. The van der Waals surface area contributed by atoms with Crippen molar-refractivity contribution < 1.29 is 14.3 Å². The Morgan fingerprint density at radius 1 is 1.25 bits per heavy atom. The van der Waals surface area contributed by atoms with Crippen LogP contribution in [-0.2, 0) is 0 Å². The first kappa shape index (κ1) is 11.5. The van der Waals surface area contributed by atoms with Crippen molar-refractivity contribution in [2.24, 2.45) is 0 Å². The molecular weight excluding hydrogens is 276 g/mol. The number of aldehydes is 1. The molecule has 3 heterocycles. The smallest absolute Gasteiger partial charge is 0.194 e. The number of ether oxygens (including phenoxy) is 2. The zero-order valence-corrected chi connectivity index (χ0v) is 11.2. The third kappa shape index (κ3) is 1.69. The topological polar surface area (TPSA) is 52.8 Å². The molecule has 2 aromatic heterocycles. The Balaban J connectivity index is 1.85. The number of aromatic nitrogens is 2. The minimum atomic E-state index is 0.440. The van der Waals surface area contributed by atoms with Crippen molar-refractivity contribution in [3.63, 3.8) is 0 Å². The fourth-order valence-electron chi connectivity index (χ4n) is 2.27. The first-order valence-electron chi connectivity index (χ1n) is 6.17. The summed E-state index contributed by atoms with van der Waals surface area (Å²) in [6, 6.07) is 5.84. The molecule has 1 aliphatic rings. The third-order valence-electron chi connectivity index (χ3n) is 3.19. The Kier molecular flexibility index (Phi) is 2.50. The molecule has 0 unspecified atom stereocenters. The van der Waals surface area contributed by atoms with E-state index in [-0.39, 0.29) is 0 Å². The van der Waals surface area contributed by atoms with E-state index in [1.54, 1.807) is 6.20 Å². The van der Waals surface area contributed by atoms with Crippen molar-refractivity contribution in [2.45, 2.75) is 0 Å². The van der Waals surface area contributed by atoms with Crippen molar-refractivity contribution in [1.29, 1.82) is 0 Å². The molecule has 0 atom stereocenters. The van der Waals surface area contributed by atoms with Crippen LogP contribution in [0.15, 0.2) is 29.8 Å². The second-order valence-corrected chi connectivity index (χ2v) is 5.25. The molecule has 0 saturated carbocycles. The number of imidazole rings is 1. The maximum Gasteiger partial charge on any atom is 0.194 e. The summed E-state index contributed by atoms with van der Waals surface area (Å²) in [7, 11) is 0. The number of thiazole rings is 1. The van der Waals surface area contributed by atoms with Crippen LogP contribution in [0.4, 0.5) is 0 Å². The number of carbonyl (C=O) groups excluding carboxylic acids is 1. The van der Waals surface area contributed by atoms with Crippen LogP contribution in [0.3, 0.4) is 0 Å². The molecule has 1 aliphatic heterocycles. The number of nitrogens with zero attached hydrogens (tertiary/aromatic N) is 2. The van der Waals surface area contributed by atoms with E-state index in [2.05, 4.69) is 4.98 Å².